The topological polar surface area (TPSA) is 102 Å². The molecule has 2 amide bonds. The summed E-state index contributed by atoms with van der Waals surface area (Å²) in [7, 11) is 2.02. The Balaban J connectivity index is 1.70. The predicted octanol–water partition coefficient (Wildman–Crippen LogP) is 2.73. The predicted molar refractivity (Wildman–Crippen MR) is 99.5 cm³/mol. The maximum absolute atomic E-state index is 11.9. The molecule has 2 rings (SSSR count). The standard InChI is InChI=1S/C19H23N3O4/c1-22(13-14-6-3-2-4-7-14)11-5-10-20-19(26)21-16-9-8-15(18(24)25)12-17(16)23/h2-4,6-9,12,23H,5,10-11,13H2,1H3,(H,24,25)(H2,20,21,26). The lowest BCUT2D eigenvalue weighted by molar-refractivity contribution is 0.0696. The monoisotopic (exact) mass is 357 g/mol. The lowest BCUT2D eigenvalue weighted by atomic mass is 10.2. The van der Waals surface area contributed by atoms with Crippen LogP contribution >= 0.6 is 0 Å². The normalized spacial score (nSPS) is 10.5. The Hall–Kier alpha value is -3.06. The number of nitrogens with one attached hydrogen (secondary N) is 2. The molecule has 0 aliphatic carbocycles. The minimum Gasteiger partial charge on any atom is -0.506 e. The third kappa shape index (κ3) is 6.10. The van der Waals surface area contributed by atoms with Crippen molar-refractivity contribution in [3.8, 4) is 5.75 Å². The molecule has 0 aliphatic rings. The number of phenols is 1. The van der Waals surface area contributed by atoms with Gasteiger partial charge in [-0.2, -0.15) is 0 Å². The van der Waals surface area contributed by atoms with Crippen molar-refractivity contribution >= 4 is 17.7 Å². The number of carboxylic acids is 1. The molecule has 0 radical (unpaired) electrons. The number of nitrogens with zero attached hydrogens (tertiary/aromatic N) is 1. The Morgan fingerprint density at radius 3 is 2.50 bits per heavy atom. The first-order chi connectivity index (χ1) is 12.5. The van der Waals surface area contributed by atoms with E-state index in [2.05, 4.69) is 27.7 Å². The fourth-order valence-corrected chi connectivity index (χ4v) is 2.46. The van der Waals surface area contributed by atoms with Gasteiger partial charge < -0.3 is 25.7 Å². The molecule has 0 saturated heterocycles. The molecule has 7 nitrogen and oxygen atoms in total. The number of rotatable bonds is 8. The van der Waals surface area contributed by atoms with E-state index in [0.29, 0.717) is 6.54 Å². The van der Waals surface area contributed by atoms with Crippen molar-refractivity contribution in [3.63, 3.8) is 0 Å². The summed E-state index contributed by atoms with van der Waals surface area (Å²) in [6.45, 7) is 2.16. The summed E-state index contributed by atoms with van der Waals surface area (Å²) in [5.74, 6) is -1.43. The lowest BCUT2D eigenvalue weighted by Crippen LogP contribution is -2.31. The summed E-state index contributed by atoms with van der Waals surface area (Å²) >= 11 is 0. The number of urea groups is 1. The van der Waals surface area contributed by atoms with Crippen molar-refractivity contribution in [2.24, 2.45) is 0 Å². The highest BCUT2D eigenvalue weighted by molar-refractivity contribution is 5.93. The molecule has 2 aromatic carbocycles. The summed E-state index contributed by atoms with van der Waals surface area (Å²) in [5, 5.41) is 23.8. The minimum atomic E-state index is -1.14. The largest absolute Gasteiger partial charge is 0.506 e. The Kier molecular flexibility index (Phi) is 6.99. The Morgan fingerprint density at radius 2 is 1.85 bits per heavy atom. The highest BCUT2D eigenvalue weighted by Gasteiger charge is 2.10. The fourth-order valence-electron chi connectivity index (χ4n) is 2.46. The maximum atomic E-state index is 11.9. The van der Waals surface area contributed by atoms with Gasteiger partial charge in [-0.1, -0.05) is 30.3 Å². The molecule has 0 aromatic heterocycles. The molecule has 2 aromatic rings. The van der Waals surface area contributed by atoms with Gasteiger partial charge in [-0.25, -0.2) is 9.59 Å². The van der Waals surface area contributed by atoms with Gasteiger partial charge >= 0.3 is 12.0 Å². The van der Waals surface area contributed by atoms with Crippen LogP contribution in [0, 0.1) is 0 Å². The van der Waals surface area contributed by atoms with Crippen molar-refractivity contribution < 1.29 is 19.8 Å². The van der Waals surface area contributed by atoms with Crippen LogP contribution in [0.15, 0.2) is 48.5 Å². The molecule has 0 saturated carbocycles. The van der Waals surface area contributed by atoms with Gasteiger partial charge in [-0.05, 0) is 43.8 Å². The van der Waals surface area contributed by atoms with E-state index in [-0.39, 0.29) is 17.0 Å². The van der Waals surface area contributed by atoms with Crippen molar-refractivity contribution in [2.75, 3.05) is 25.5 Å². The number of hydrogen-bond acceptors (Lipinski definition) is 4. The van der Waals surface area contributed by atoms with Crippen LogP contribution in [0.3, 0.4) is 0 Å². The molecule has 0 spiro atoms. The van der Waals surface area contributed by atoms with Gasteiger partial charge in [0.15, 0.2) is 0 Å². The molecule has 0 unspecified atom stereocenters. The van der Waals surface area contributed by atoms with E-state index < -0.39 is 12.0 Å². The molecular formula is C19H23N3O4. The first kappa shape index (κ1) is 19.3. The second kappa shape index (κ2) is 9.43. The third-order valence-corrected chi connectivity index (χ3v) is 3.79. The summed E-state index contributed by atoms with van der Waals surface area (Å²) in [4.78, 5) is 24.8. The molecule has 0 heterocycles. The van der Waals surface area contributed by atoms with Crippen molar-refractivity contribution in [1.82, 2.24) is 10.2 Å². The van der Waals surface area contributed by atoms with E-state index in [4.69, 9.17) is 5.11 Å². The molecule has 0 bridgehead atoms. The van der Waals surface area contributed by atoms with Crippen LogP contribution in [0.1, 0.15) is 22.3 Å². The van der Waals surface area contributed by atoms with Crippen LogP contribution in [0.5, 0.6) is 5.75 Å². The van der Waals surface area contributed by atoms with E-state index in [1.807, 2.05) is 25.2 Å². The van der Waals surface area contributed by atoms with E-state index >= 15 is 0 Å². The van der Waals surface area contributed by atoms with Crippen molar-refractivity contribution in [3.05, 3.63) is 59.7 Å². The van der Waals surface area contributed by atoms with Gasteiger partial charge in [0, 0.05) is 13.1 Å². The van der Waals surface area contributed by atoms with E-state index in [9.17, 15) is 14.7 Å². The molecule has 7 heteroatoms. The van der Waals surface area contributed by atoms with Crippen molar-refractivity contribution in [1.29, 1.82) is 0 Å². The van der Waals surface area contributed by atoms with Crippen LogP contribution < -0.4 is 10.6 Å². The maximum Gasteiger partial charge on any atom is 0.335 e. The number of aromatic hydroxyl groups is 1. The van der Waals surface area contributed by atoms with Crippen LogP contribution in [0.25, 0.3) is 0 Å². The lowest BCUT2D eigenvalue weighted by Gasteiger charge is -2.17. The van der Waals surface area contributed by atoms with Gasteiger partial charge in [-0.3, -0.25) is 0 Å². The summed E-state index contributed by atoms with van der Waals surface area (Å²) < 4.78 is 0. The van der Waals surface area contributed by atoms with Crippen LogP contribution in [-0.4, -0.2) is 47.3 Å². The number of phenolic OH excluding ortho intramolecular Hbond substituents is 1. The van der Waals surface area contributed by atoms with Gasteiger partial charge in [0.05, 0.1) is 11.3 Å². The van der Waals surface area contributed by atoms with Crippen LogP contribution in [0.2, 0.25) is 0 Å². The Morgan fingerprint density at radius 1 is 1.12 bits per heavy atom. The summed E-state index contributed by atoms with van der Waals surface area (Å²) in [5.41, 5.74) is 1.35. The quantitative estimate of drug-likeness (QED) is 0.430. The number of carboxylic acid groups (broad SMARTS) is 1. The highest BCUT2D eigenvalue weighted by atomic mass is 16.4. The molecule has 0 aliphatic heterocycles. The van der Waals surface area contributed by atoms with Gasteiger partial charge in [-0.15, -0.1) is 0 Å². The van der Waals surface area contributed by atoms with Crippen LogP contribution in [-0.2, 0) is 6.54 Å². The zero-order chi connectivity index (χ0) is 18.9. The molecule has 138 valence electrons. The highest BCUT2D eigenvalue weighted by Crippen LogP contribution is 2.24. The molecule has 26 heavy (non-hydrogen) atoms. The Labute approximate surface area is 152 Å². The number of amides is 2. The number of benzene rings is 2. The van der Waals surface area contributed by atoms with Gasteiger partial charge in [0.25, 0.3) is 0 Å². The summed E-state index contributed by atoms with van der Waals surface area (Å²) in [6.07, 6.45) is 0.778. The number of hydrogen-bond donors (Lipinski definition) is 4. The first-order valence-electron chi connectivity index (χ1n) is 8.29. The minimum absolute atomic E-state index is 0.0464. The number of carbonyl (C=O) groups is 2. The smallest absolute Gasteiger partial charge is 0.335 e. The Bertz CT molecular complexity index is 750. The average Bonchev–Trinajstić information content (AvgIpc) is 2.61. The second-order valence-electron chi connectivity index (χ2n) is 5.99. The van der Waals surface area contributed by atoms with E-state index in [0.717, 1.165) is 25.6 Å². The van der Waals surface area contributed by atoms with Crippen molar-refractivity contribution in [2.45, 2.75) is 13.0 Å². The SMILES string of the molecule is CN(CCCNC(=O)Nc1ccc(C(=O)O)cc1O)Cc1ccccc1. The molecule has 0 fully saturated rings. The zero-order valence-corrected chi connectivity index (χ0v) is 14.6. The van der Waals surface area contributed by atoms with Crippen LogP contribution in [0.4, 0.5) is 10.5 Å². The number of aromatic carboxylic acids is 1. The average molecular weight is 357 g/mol. The first-order valence-corrected chi connectivity index (χ1v) is 8.29. The second-order valence-corrected chi connectivity index (χ2v) is 5.99. The number of carbonyl (C=O) groups excluding carboxylic acids is 1. The fraction of sp³-hybridized carbons (Fsp3) is 0.263. The molecule has 4 N–H and O–H groups in total. The van der Waals surface area contributed by atoms with E-state index in [1.54, 1.807) is 0 Å². The zero-order valence-electron chi connectivity index (χ0n) is 14.6. The molecular weight excluding hydrogens is 334 g/mol. The molecule has 0 atom stereocenters. The van der Waals surface area contributed by atoms with E-state index in [1.165, 1.54) is 17.7 Å². The summed E-state index contributed by atoms with van der Waals surface area (Å²) in [6, 6.07) is 13.5. The number of anilines is 1. The van der Waals surface area contributed by atoms with Gasteiger partial charge in [0.1, 0.15) is 5.75 Å². The third-order valence-electron chi connectivity index (χ3n) is 3.79. The van der Waals surface area contributed by atoms with Gasteiger partial charge in [0.2, 0.25) is 0 Å².